The van der Waals surface area contributed by atoms with Gasteiger partial charge in [-0.2, -0.15) is 0 Å². The topological polar surface area (TPSA) is 55.1 Å². The molecule has 0 unspecified atom stereocenters. The van der Waals surface area contributed by atoms with Crippen molar-refractivity contribution in [2.75, 3.05) is 6.54 Å². The molecule has 3 nitrogen and oxygen atoms in total. The van der Waals surface area contributed by atoms with Crippen LogP contribution in [0.5, 0.6) is 0 Å². The van der Waals surface area contributed by atoms with Gasteiger partial charge in [0, 0.05) is 17.5 Å². The Morgan fingerprint density at radius 1 is 1.33 bits per heavy atom. The van der Waals surface area contributed by atoms with Crippen molar-refractivity contribution >= 4 is 29.7 Å². The maximum absolute atomic E-state index is 12.2. The number of carbonyl (C=O) groups is 1. The first kappa shape index (κ1) is 16.0. The molecule has 21 heavy (non-hydrogen) atoms. The minimum atomic E-state index is -0.0140. The lowest BCUT2D eigenvalue weighted by Gasteiger charge is -2.15. The van der Waals surface area contributed by atoms with Gasteiger partial charge in [-0.05, 0) is 42.5 Å². The molecule has 0 radical (unpaired) electrons. The average molecular weight is 323 g/mol. The standard InChI is InChI=1S/C16H18N2OS.ClH/c1-10(9-17)18-16(19)14-8-12-7-6-11-4-2-3-5-13(11)15(12)20-14;/h2-5,8,10H,6-7,9,17H2,1H3,(H,18,19);1H/t10-;/m0./s1. The summed E-state index contributed by atoms with van der Waals surface area (Å²) >= 11 is 1.59. The maximum atomic E-state index is 12.2. The number of aryl methyl sites for hydroxylation is 2. The van der Waals surface area contributed by atoms with Gasteiger partial charge in [-0.1, -0.05) is 24.3 Å². The number of carbonyl (C=O) groups excluding carboxylic acids is 1. The van der Waals surface area contributed by atoms with E-state index in [9.17, 15) is 4.79 Å². The van der Waals surface area contributed by atoms with Gasteiger partial charge in [-0.25, -0.2) is 0 Å². The zero-order chi connectivity index (χ0) is 14.1. The van der Waals surface area contributed by atoms with E-state index >= 15 is 0 Å². The summed E-state index contributed by atoms with van der Waals surface area (Å²) in [5, 5.41) is 2.93. The molecule has 1 atom stereocenters. The minimum absolute atomic E-state index is 0. The molecule has 0 bridgehead atoms. The van der Waals surface area contributed by atoms with Crippen molar-refractivity contribution in [2.45, 2.75) is 25.8 Å². The molecule has 0 fully saturated rings. The van der Waals surface area contributed by atoms with Crippen LogP contribution in [0.25, 0.3) is 10.4 Å². The first-order chi connectivity index (χ1) is 9.69. The van der Waals surface area contributed by atoms with Crippen LogP contribution < -0.4 is 11.1 Å². The second-order valence-electron chi connectivity index (χ2n) is 5.23. The number of amides is 1. The van der Waals surface area contributed by atoms with Crippen molar-refractivity contribution in [1.82, 2.24) is 5.32 Å². The highest BCUT2D eigenvalue weighted by Gasteiger charge is 2.21. The predicted octanol–water partition coefficient (Wildman–Crippen LogP) is 3.01. The number of hydrogen-bond acceptors (Lipinski definition) is 3. The summed E-state index contributed by atoms with van der Waals surface area (Å²) < 4.78 is 0. The number of fused-ring (bicyclic) bond motifs is 3. The Morgan fingerprint density at radius 2 is 2.05 bits per heavy atom. The van der Waals surface area contributed by atoms with Crippen molar-refractivity contribution in [1.29, 1.82) is 0 Å². The van der Waals surface area contributed by atoms with Crippen molar-refractivity contribution < 1.29 is 4.79 Å². The van der Waals surface area contributed by atoms with Gasteiger partial charge < -0.3 is 11.1 Å². The molecule has 0 spiro atoms. The third kappa shape index (κ3) is 3.12. The second-order valence-corrected chi connectivity index (χ2v) is 6.28. The van der Waals surface area contributed by atoms with Gasteiger partial charge in [0.2, 0.25) is 0 Å². The van der Waals surface area contributed by atoms with Crippen molar-refractivity contribution in [3.8, 4) is 10.4 Å². The lowest BCUT2D eigenvalue weighted by atomic mass is 9.91. The first-order valence-corrected chi connectivity index (χ1v) is 7.72. The molecule has 3 rings (SSSR count). The number of nitrogens with one attached hydrogen (secondary N) is 1. The second kappa shape index (κ2) is 6.60. The Hall–Kier alpha value is -1.36. The fraction of sp³-hybridized carbons (Fsp3) is 0.312. The minimum Gasteiger partial charge on any atom is -0.348 e. The van der Waals surface area contributed by atoms with Crippen molar-refractivity contribution in [3.05, 3.63) is 46.3 Å². The number of nitrogens with two attached hydrogens (primary N) is 1. The summed E-state index contributed by atoms with van der Waals surface area (Å²) in [5.41, 5.74) is 9.50. The van der Waals surface area contributed by atoms with Gasteiger partial charge in [-0.3, -0.25) is 4.79 Å². The third-order valence-electron chi connectivity index (χ3n) is 3.69. The van der Waals surface area contributed by atoms with Crippen LogP contribution >= 0.6 is 23.7 Å². The third-order valence-corrected chi connectivity index (χ3v) is 4.90. The van der Waals surface area contributed by atoms with Crippen LogP contribution in [0.2, 0.25) is 0 Å². The monoisotopic (exact) mass is 322 g/mol. The quantitative estimate of drug-likeness (QED) is 0.912. The number of thiophene rings is 1. The lowest BCUT2D eigenvalue weighted by molar-refractivity contribution is 0.0945. The van der Waals surface area contributed by atoms with E-state index in [0.29, 0.717) is 6.54 Å². The van der Waals surface area contributed by atoms with Crippen LogP contribution in [-0.4, -0.2) is 18.5 Å². The zero-order valence-electron chi connectivity index (χ0n) is 11.9. The van der Waals surface area contributed by atoms with Gasteiger partial charge in [-0.15, -0.1) is 23.7 Å². The van der Waals surface area contributed by atoms with Gasteiger partial charge in [0.1, 0.15) is 0 Å². The van der Waals surface area contributed by atoms with E-state index in [-0.39, 0.29) is 24.4 Å². The molecule has 0 aliphatic heterocycles. The van der Waals surface area contributed by atoms with Gasteiger partial charge in [0.15, 0.2) is 0 Å². The molecular weight excluding hydrogens is 304 g/mol. The fourth-order valence-corrected chi connectivity index (χ4v) is 3.71. The predicted molar refractivity (Wildman–Crippen MR) is 90.4 cm³/mol. The number of rotatable bonds is 3. The lowest BCUT2D eigenvalue weighted by Crippen LogP contribution is -2.37. The summed E-state index contributed by atoms with van der Waals surface area (Å²) in [6, 6.07) is 10.5. The Kier molecular flexibility index (Phi) is 5.04. The Balaban J connectivity index is 0.00000161. The molecule has 1 aromatic carbocycles. The molecule has 1 aliphatic carbocycles. The molecule has 0 saturated carbocycles. The molecule has 112 valence electrons. The molecular formula is C16H19ClN2OS. The summed E-state index contributed by atoms with van der Waals surface area (Å²) in [4.78, 5) is 14.2. The van der Waals surface area contributed by atoms with Crippen LogP contribution in [0.15, 0.2) is 30.3 Å². The summed E-state index contributed by atoms with van der Waals surface area (Å²) in [7, 11) is 0. The van der Waals surface area contributed by atoms with E-state index in [4.69, 9.17) is 5.73 Å². The molecule has 2 aromatic rings. The average Bonchev–Trinajstić information content (AvgIpc) is 2.91. The maximum Gasteiger partial charge on any atom is 0.261 e. The SMILES string of the molecule is C[C@@H](CN)NC(=O)c1cc2c(s1)-c1ccccc1CC2.Cl. The largest absolute Gasteiger partial charge is 0.348 e. The van der Waals surface area contributed by atoms with Crippen molar-refractivity contribution in [2.24, 2.45) is 5.73 Å². The van der Waals surface area contributed by atoms with Gasteiger partial charge in [0.25, 0.3) is 5.91 Å². The smallest absolute Gasteiger partial charge is 0.261 e. The molecule has 1 amide bonds. The molecule has 1 aliphatic rings. The van der Waals surface area contributed by atoms with Crippen LogP contribution in [0.4, 0.5) is 0 Å². The number of hydrogen-bond donors (Lipinski definition) is 2. The van der Waals surface area contributed by atoms with E-state index in [1.54, 1.807) is 11.3 Å². The molecule has 1 heterocycles. The Labute approximate surface area is 135 Å². The van der Waals surface area contributed by atoms with Gasteiger partial charge >= 0.3 is 0 Å². The number of benzene rings is 1. The number of halogens is 1. The molecule has 0 saturated heterocycles. The van der Waals surface area contributed by atoms with E-state index in [1.165, 1.54) is 21.6 Å². The first-order valence-electron chi connectivity index (χ1n) is 6.91. The van der Waals surface area contributed by atoms with E-state index < -0.39 is 0 Å². The highest BCUT2D eigenvalue weighted by atomic mass is 35.5. The summed E-state index contributed by atoms with van der Waals surface area (Å²) in [5.74, 6) is -0.0140. The van der Waals surface area contributed by atoms with Crippen LogP contribution in [0, 0.1) is 0 Å². The highest BCUT2D eigenvalue weighted by Crippen LogP contribution is 2.39. The van der Waals surface area contributed by atoms with Crippen molar-refractivity contribution in [3.63, 3.8) is 0 Å². The normalized spacial score (nSPS) is 13.6. The zero-order valence-corrected chi connectivity index (χ0v) is 13.5. The fourth-order valence-electron chi connectivity index (χ4n) is 2.54. The van der Waals surface area contributed by atoms with Crippen LogP contribution in [0.3, 0.4) is 0 Å². The van der Waals surface area contributed by atoms with E-state index in [1.807, 2.05) is 13.0 Å². The van der Waals surface area contributed by atoms with Crippen LogP contribution in [-0.2, 0) is 12.8 Å². The van der Waals surface area contributed by atoms with E-state index in [0.717, 1.165) is 17.7 Å². The Morgan fingerprint density at radius 3 is 2.81 bits per heavy atom. The Bertz CT molecular complexity index is 653. The molecule has 3 N–H and O–H groups in total. The van der Waals surface area contributed by atoms with Crippen LogP contribution in [0.1, 0.15) is 27.7 Å². The van der Waals surface area contributed by atoms with E-state index in [2.05, 4.69) is 29.6 Å². The highest BCUT2D eigenvalue weighted by molar-refractivity contribution is 7.17. The summed E-state index contributed by atoms with van der Waals surface area (Å²) in [6.45, 7) is 2.38. The van der Waals surface area contributed by atoms with Gasteiger partial charge in [0.05, 0.1) is 4.88 Å². The molecule has 1 aromatic heterocycles. The summed E-state index contributed by atoms with van der Waals surface area (Å²) in [6.07, 6.45) is 2.07. The molecule has 5 heteroatoms.